The minimum atomic E-state index is -3.98. The van der Waals surface area contributed by atoms with E-state index < -0.39 is 15.8 Å². The van der Waals surface area contributed by atoms with Crippen molar-refractivity contribution in [3.63, 3.8) is 0 Å². The number of amides is 1. The van der Waals surface area contributed by atoms with Crippen LogP contribution in [-0.4, -0.2) is 44.9 Å². The summed E-state index contributed by atoms with van der Waals surface area (Å²) in [5.74, 6) is -0.195. The van der Waals surface area contributed by atoms with Crippen LogP contribution < -0.4 is 10.0 Å². The summed E-state index contributed by atoms with van der Waals surface area (Å²) in [4.78, 5) is 14.9. The van der Waals surface area contributed by atoms with Crippen LogP contribution in [0.3, 0.4) is 0 Å². The first-order chi connectivity index (χ1) is 14.7. The molecule has 168 valence electrons. The van der Waals surface area contributed by atoms with Crippen LogP contribution in [0.5, 0.6) is 0 Å². The summed E-state index contributed by atoms with van der Waals surface area (Å²) in [6, 6.07) is 9.04. The fraction of sp³-hybridized carbons (Fsp3) is 0.409. The van der Waals surface area contributed by atoms with Gasteiger partial charge in [-0.3, -0.25) is 14.4 Å². The van der Waals surface area contributed by atoms with E-state index in [4.69, 9.17) is 11.6 Å². The van der Waals surface area contributed by atoms with E-state index in [1.54, 1.807) is 6.07 Å². The first kappa shape index (κ1) is 23.5. The molecule has 2 aromatic carbocycles. The molecule has 1 aliphatic rings. The SMILES string of the molecule is CC1CCCN(C(C)CNC(=O)c2ccc(Cl)c(NS(=O)(=O)c3ccc(F)cc3)c2)C1. The number of sulfonamides is 1. The topological polar surface area (TPSA) is 78.5 Å². The predicted molar refractivity (Wildman–Crippen MR) is 120 cm³/mol. The Morgan fingerprint density at radius 3 is 2.65 bits per heavy atom. The molecule has 0 saturated carbocycles. The van der Waals surface area contributed by atoms with Gasteiger partial charge in [0.2, 0.25) is 0 Å². The first-order valence-electron chi connectivity index (χ1n) is 10.3. The quantitative estimate of drug-likeness (QED) is 0.641. The fourth-order valence-corrected chi connectivity index (χ4v) is 4.95. The average Bonchev–Trinajstić information content (AvgIpc) is 2.73. The Balaban J connectivity index is 1.67. The van der Waals surface area contributed by atoms with Gasteiger partial charge in [-0.1, -0.05) is 18.5 Å². The second kappa shape index (κ2) is 9.97. The number of piperidine rings is 1. The predicted octanol–water partition coefficient (Wildman–Crippen LogP) is 4.13. The van der Waals surface area contributed by atoms with Crippen molar-refractivity contribution < 1.29 is 17.6 Å². The lowest BCUT2D eigenvalue weighted by atomic mass is 9.99. The smallest absolute Gasteiger partial charge is 0.261 e. The van der Waals surface area contributed by atoms with Gasteiger partial charge in [0, 0.05) is 24.7 Å². The molecule has 1 amide bonds. The number of rotatable bonds is 7. The molecule has 9 heteroatoms. The Morgan fingerprint density at radius 2 is 1.97 bits per heavy atom. The maximum atomic E-state index is 13.1. The Hall–Kier alpha value is -2.16. The van der Waals surface area contributed by atoms with E-state index in [0.29, 0.717) is 18.0 Å². The fourth-order valence-electron chi connectivity index (χ4n) is 3.66. The highest BCUT2D eigenvalue weighted by atomic mass is 35.5. The molecule has 1 fully saturated rings. The summed E-state index contributed by atoms with van der Waals surface area (Å²) >= 11 is 6.14. The monoisotopic (exact) mass is 467 g/mol. The summed E-state index contributed by atoms with van der Waals surface area (Å²) in [6.45, 7) is 6.86. The molecule has 3 rings (SSSR count). The number of anilines is 1. The zero-order valence-electron chi connectivity index (χ0n) is 17.6. The van der Waals surface area contributed by atoms with Crippen LogP contribution in [-0.2, 0) is 10.0 Å². The van der Waals surface area contributed by atoms with Gasteiger partial charge < -0.3 is 5.32 Å². The van der Waals surface area contributed by atoms with Crippen molar-refractivity contribution in [2.45, 2.75) is 37.6 Å². The van der Waals surface area contributed by atoms with E-state index in [2.05, 4.69) is 28.8 Å². The van der Waals surface area contributed by atoms with E-state index in [-0.39, 0.29) is 27.6 Å². The summed E-state index contributed by atoms with van der Waals surface area (Å²) < 4.78 is 40.6. The van der Waals surface area contributed by atoms with Crippen molar-refractivity contribution in [2.75, 3.05) is 24.4 Å². The molecule has 1 aliphatic heterocycles. The Kier molecular flexibility index (Phi) is 7.56. The molecular formula is C22H27ClFN3O3S. The van der Waals surface area contributed by atoms with Crippen LogP contribution in [0, 0.1) is 11.7 Å². The number of carbonyl (C=O) groups is 1. The average molecular weight is 468 g/mol. The Labute approximate surface area is 187 Å². The Bertz CT molecular complexity index is 1030. The molecule has 1 heterocycles. The van der Waals surface area contributed by atoms with E-state index in [1.807, 2.05) is 0 Å². The number of hydrogen-bond donors (Lipinski definition) is 2. The lowest BCUT2D eigenvalue weighted by Crippen LogP contribution is -2.46. The van der Waals surface area contributed by atoms with Crippen molar-refractivity contribution in [1.82, 2.24) is 10.2 Å². The second-order valence-electron chi connectivity index (χ2n) is 8.06. The molecule has 2 N–H and O–H groups in total. The van der Waals surface area contributed by atoms with Gasteiger partial charge in [-0.05, 0) is 74.7 Å². The van der Waals surface area contributed by atoms with Crippen LogP contribution in [0.25, 0.3) is 0 Å². The molecule has 1 saturated heterocycles. The number of hydrogen-bond acceptors (Lipinski definition) is 4. The van der Waals surface area contributed by atoms with Gasteiger partial charge in [0.15, 0.2) is 0 Å². The van der Waals surface area contributed by atoms with Gasteiger partial charge in [-0.15, -0.1) is 0 Å². The highest BCUT2D eigenvalue weighted by Crippen LogP contribution is 2.26. The van der Waals surface area contributed by atoms with Gasteiger partial charge in [0.1, 0.15) is 5.82 Å². The van der Waals surface area contributed by atoms with E-state index in [1.165, 1.54) is 18.6 Å². The largest absolute Gasteiger partial charge is 0.350 e. The molecule has 0 aliphatic carbocycles. The van der Waals surface area contributed by atoms with Gasteiger partial charge in [-0.2, -0.15) is 0 Å². The van der Waals surface area contributed by atoms with E-state index in [9.17, 15) is 17.6 Å². The Morgan fingerprint density at radius 1 is 1.26 bits per heavy atom. The molecule has 2 atom stereocenters. The molecule has 6 nitrogen and oxygen atoms in total. The van der Waals surface area contributed by atoms with Gasteiger partial charge in [0.05, 0.1) is 15.6 Å². The number of nitrogens with one attached hydrogen (secondary N) is 2. The minimum Gasteiger partial charge on any atom is -0.350 e. The van der Waals surface area contributed by atoms with Crippen LogP contribution in [0.1, 0.15) is 37.0 Å². The zero-order chi connectivity index (χ0) is 22.6. The minimum absolute atomic E-state index is 0.0801. The van der Waals surface area contributed by atoms with E-state index >= 15 is 0 Å². The highest BCUT2D eigenvalue weighted by Gasteiger charge is 2.22. The van der Waals surface area contributed by atoms with Crippen molar-refractivity contribution in [3.8, 4) is 0 Å². The van der Waals surface area contributed by atoms with Crippen molar-refractivity contribution >= 4 is 33.2 Å². The molecule has 0 spiro atoms. The number of likely N-dealkylation sites (tertiary alicyclic amines) is 1. The van der Waals surface area contributed by atoms with Crippen LogP contribution >= 0.6 is 11.6 Å². The number of nitrogens with zero attached hydrogens (tertiary/aromatic N) is 1. The summed E-state index contributed by atoms with van der Waals surface area (Å²) in [5.41, 5.74) is 0.372. The van der Waals surface area contributed by atoms with Crippen LogP contribution in [0.15, 0.2) is 47.4 Å². The number of benzene rings is 2. The summed E-state index contributed by atoms with van der Waals surface area (Å²) in [6.07, 6.45) is 2.39. The van der Waals surface area contributed by atoms with Gasteiger partial charge in [0.25, 0.3) is 15.9 Å². The molecular weight excluding hydrogens is 441 g/mol. The summed E-state index contributed by atoms with van der Waals surface area (Å²) in [7, 11) is -3.98. The third-order valence-electron chi connectivity index (χ3n) is 5.47. The van der Waals surface area contributed by atoms with Crippen LogP contribution in [0.2, 0.25) is 5.02 Å². The normalized spacial score (nSPS) is 18.4. The molecule has 0 radical (unpaired) electrons. The number of carbonyl (C=O) groups excluding carboxylic acids is 1. The molecule has 2 aromatic rings. The third kappa shape index (κ3) is 6.18. The zero-order valence-corrected chi connectivity index (χ0v) is 19.1. The summed E-state index contributed by atoms with van der Waals surface area (Å²) in [5, 5.41) is 3.07. The van der Waals surface area contributed by atoms with Crippen molar-refractivity contribution in [2.24, 2.45) is 5.92 Å². The first-order valence-corrected chi connectivity index (χ1v) is 12.1. The lowest BCUT2D eigenvalue weighted by Gasteiger charge is -2.35. The second-order valence-corrected chi connectivity index (χ2v) is 10.1. The highest BCUT2D eigenvalue weighted by molar-refractivity contribution is 7.92. The standard InChI is InChI=1S/C22H27ClFN3O3S/c1-15-4-3-11-27(14-15)16(2)13-25-22(28)17-5-10-20(23)21(12-17)26-31(29,30)19-8-6-18(24)7-9-19/h5-10,12,15-16,26H,3-4,11,13-14H2,1-2H3,(H,25,28). The van der Waals surface area contributed by atoms with Crippen LogP contribution in [0.4, 0.5) is 10.1 Å². The number of halogens is 2. The van der Waals surface area contributed by atoms with Crippen molar-refractivity contribution in [3.05, 3.63) is 58.9 Å². The molecule has 2 unspecified atom stereocenters. The molecule has 31 heavy (non-hydrogen) atoms. The van der Waals surface area contributed by atoms with E-state index in [0.717, 1.165) is 43.8 Å². The lowest BCUT2D eigenvalue weighted by molar-refractivity contribution is 0.0917. The third-order valence-corrected chi connectivity index (χ3v) is 7.18. The van der Waals surface area contributed by atoms with Gasteiger partial charge in [-0.25, -0.2) is 12.8 Å². The van der Waals surface area contributed by atoms with Gasteiger partial charge >= 0.3 is 0 Å². The maximum Gasteiger partial charge on any atom is 0.261 e. The molecule has 0 aromatic heterocycles. The van der Waals surface area contributed by atoms with Crippen molar-refractivity contribution in [1.29, 1.82) is 0 Å². The molecule has 0 bridgehead atoms. The maximum absolute atomic E-state index is 13.1.